The normalized spacial score (nSPS) is 23.2. The third kappa shape index (κ3) is 4.43. The number of carbonyl (C=O) groups excluding carboxylic acids is 1. The van der Waals surface area contributed by atoms with Crippen molar-refractivity contribution in [3.63, 3.8) is 0 Å². The summed E-state index contributed by atoms with van der Waals surface area (Å²) in [5, 5.41) is 14.0. The number of rotatable bonds is 8. The van der Waals surface area contributed by atoms with Crippen molar-refractivity contribution in [3.8, 4) is 11.5 Å². The molecule has 3 heterocycles. The van der Waals surface area contributed by atoms with Gasteiger partial charge in [0.25, 0.3) is 0 Å². The highest BCUT2D eigenvalue weighted by molar-refractivity contribution is 5.94. The number of ether oxygens (including phenoxy) is 3. The Morgan fingerprint density at radius 2 is 2.00 bits per heavy atom. The highest BCUT2D eigenvalue weighted by Crippen LogP contribution is 2.54. The SMILES string of the molecule is COC(=O)C1=C(C)NC(C)C(CCN(C)Cc2ccncc2)(C(=O)O)C1c1cccc2c1OCO2. The molecule has 0 radical (unpaired) electrons. The Bertz CT molecular complexity index is 1140. The zero-order chi connectivity index (χ0) is 25.2. The number of nitrogens with zero attached hydrogens (tertiary/aromatic N) is 2. The van der Waals surface area contributed by atoms with Crippen molar-refractivity contribution in [1.82, 2.24) is 15.2 Å². The number of aromatic nitrogens is 1. The zero-order valence-electron chi connectivity index (χ0n) is 20.4. The Labute approximate surface area is 204 Å². The molecule has 3 unspecified atom stereocenters. The second-order valence-corrected chi connectivity index (χ2v) is 9.10. The number of carbonyl (C=O) groups is 2. The number of hydrogen-bond donors (Lipinski definition) is 2. The van der Waals surface area contributed by atoms with Gasteiger partial charge in [-0.3, -0.25) is 9.78 Å². The van der Waals surface area contributed by atoms with Crippen LogP contribution < -0.4 is 14.8 Å². The van der Waals surface area contributed by atoms with Crippen molar-refractivity contribution in [2.24, 2.45) is 5.41 Å². The standard InChI is InChI=1S/C26H31N3O6/c1-16-21(24(30)33-4)22(19-6-5-7-20-23(19)35-15-34-20)26(25(31)32,17(2)28-16)10-13-29(3)14-18-8-11-27-12-9-18/h5-9,11-12,17,22,28H,10,13-15H2,1-4H3,(H,31,32). The second kappa shape index (κ2) is 9.95. The molecule has 4 rings (SSSR count). The number of esters is 1. The van der Waals surface area contributed by atoms with Crippen LogP contribution in [0.1, 0.15) is 37.3 Å². The summed E-state index contributed by atoms with van der Waals surface area (Å²) in [6.07, 6.45) is 3.75. The van der Waals surface area contributed by atoms with E-state index in [9.17, 15) is 14.7 Å². The van der Waals surface area contributed by atoms with Gasteiger partial charge in [-0.05, 0) is 57.6 Å². The highest BCUT2D eigenvalue weighted by atomic mass is 16.7. The number of aliphatic carboxylic acids is 1. The maximum absolute atomic E-state index is 13.2. The van der Waals surface area contributed by atoms with Gasteiger partial charge in [-0.2, -0.15) is 0 Å². The molecule has 9 heteroatoms. The lowest BCUT2D eigenvalue weighted by Crippen LogP contribution is -2.57. The van der Waals surface area contributed by atoms with Gasteiger partial charge in [0, 0.05) is 42.2 Å². The van der Waals surface area contributed by atoms with Gasteiger partial charge in [-0.1, -0.05) is 12.1 Å². The Morgan fingerprint density at radius 3 is 2.69 bits per heavy atom. The molecule has 2 N–H and O–H groups in total. The summed E-state index contributed by atoms with van der Waals surface area (Å²) in [5.74, 6) is -1.37. The van der Waals surface area contributed by atoms with Gasteiger partial charge in [0.15, 0.2) is 11.5 Å². The average Bonchev–Trinajstić information content (AvgIpc) is 3.32. The summed E-state index contributed by atoms with van der Waals surface area (Å²) in [4.78, 5) is 32.4. The van der Waals surface area contributed by atoms with Gasteiger partial charge < -0.3 is 29.5 Å². The van der Waals surface area contributed by atoms with Crippen LogP contribution in [-0.2, 0) is 20.9 Å². The first-order chi connectivity index (χ1) is 16.8. The van der Waals surface area contributed by atoms with Gasteiger partial charge >= 0.3 is 11.9 Å². The molecule has 0 saturated carbocycles. The Balaban J connectivity index is 1.79. The minimum Gasteiger partial charge on any atom is -0.481 e. The first kappa shape index (κ1) is 24.5. The van der Waals surface area contributed by atoms with Crippen LogP contribution in [-0.4, -0.2) is 60.5 Å². The fourth-order valence-electron chi connectivity index (χ4n) is 5.28. The molecule has 2 aromatic rings. The molecule has 0 saturated heterocycles. The minimum atomic E-state index is -1.36. The average molecular weight is 482 g/mol. The summed E-state index contributed by atoms with van der Waals surface area (Å²) in [6.45, 7) is 4.79. The van der Waals surface area contributed by atoms with Crippen LogP contribution in [0, 0.1) is 5.41 Å². The van der Waals surface area contributed by atoms with E-state index in [2.05, 4.69) is 15.2 Å². The highest BCUT2D eigenvalue weighted by Gasteiger charge is 2.57. The summed E-state index contributed by atoms with van der Waals surface area (Å²) in [5.41, 5.74) is 1.20. The van der Waals surface area contributed by atoms with Crippen molar-refractivity contribution in [3.05, 3.63) is 65.1 Å². The zero-order valence-corrected chi connectivity index (χ0v) is 20.4. The first-order valence-corrected chi connectivity index (χ1v) is 11.5. The summed E-state index contributed by atoms with van der Waals surface area (Å²) >= 11 is 0. The van der Waals surface area contributed by atoms with Crippen molar-refractivity contribution < 1.29 is 28.9 Å². The molecule has 1 aromatic heterocycles. The Morgan fingerprint density at radius 1 is 1.26 bits per heavy atom. The number of para-hydroxylation sites is 1. The molecule has 0 amide bonds. The topological polar surface area (TPSA) is 110 Å². The quantitative estimate of drug-likeness (QED) is 0.550. The third-order valence-corrected chi connectivity index (χ3v) is 7.06. The van der Waals surface area contributed by atoms with E-state index in [0.29, 0.717) is 35.8 Å². The predicted molar refractivity (Wildman–Crippen MR) is 128 cm³/mol. The van der Waals surface area contributed by atoms with Crippen LogP contribution in [0.15, 0.2) is 54.0 Å². The van der Waals surface area contributed by atoms with Crippen LogP contribution in [0.5, 0.6) is 11.5 Å². The molecule has 0 spiro atoms. The fourth-order valence-corrected chi connectivity index (χ4v) is 5.28. The fraction of sp³-hybridized carbons (Fsp3) is 0.423. The molecule has 0 fully saturated rings. The minimum absolute atomic E-state index is 0.0395. The number of hydrogen-bond acceptors (Lipinski definition) is 8. The monoisotopic (exact) mass is 481 g/mol. The molecule has 2 aliphatic heterocycles. The van der Waals surface area contributed by atoms with Crippen LogP contribution in [0.2, 0.25) is 0 Å². The number of allylic oxidation sites excluding steroid dienone is 1. The molecule has 9 nitrogen and oxygen atoms in total. The lowest BCUT2D eigenvalue weighted by Gasteiger charge is -2.47. The third-order valence-electron chi connectivity index (χ3n) is 7.06. The van der Waals surface area contributed by atoms with E-state index in [-0.39, 0.29) is 18.8 Å². The summed E-state index contributed by atoms with van der Waals surface area (Å²) in [7, 11) is 3.25. The van der Waals surface area contributed by atoms with Crippen LogP contribution >= 0.6 is 0 Å². The van der Waals surface area contributed by atoms with Gasteiger partial charge in [0.1, 0.15) is 5.41 Å². The number of fused-ring (bicyclic) bond motifs is 1. The van der Waals surface area contributed by atoms with E-state index in [1.807, 2.05) is 32.2 Å². The van der Waals surface area contributed by atoms with Crippen LogP contribution in [0.4, 0.5) is 0 Å². The number of carboxylic acids is 1. The van der Waals surface area contributed by atoms with E-state index in [0.717, 1.165) is 5.56 Å². The Hall–Kier alpha value is -3.59. The van der Waals surface area contributed by atoms with Gasteiger partial charge in [0.05, 0.1) is 12.7 Å². The smallest absolute Gasteiger partial charge is 0.336 e. The summed E-state index contributed by atoms with van der Waals surface area (Å²) < 4.78 is 16.5. The second-order valence-electron chi connectivity index (χ2n) is 9.10. The number of pyridine rings is 1. The van der Waals surface area contributed by atoms with Gasteiger partial charge in [-0.15, -0.1) is 0 Å². The van der Waals surface area contributed by atoms with E-state index in [1.54, 1.807) is 31.5 Å². The molecule has 3 atom stereocenters. The predicted octanol–water partition coefficient (Wildman–Crippen LogP) is 2.93. The molecule has 186 valence electrons. The van der Waals surface area contributed by atoms with E-state index in [4.69, 9.17) is 14.2 Å². The molecular formula is C26H31N3O6. The van der Waals surface area contributed by atoms with Crippen molar-refractivity contribution >= 4 is 11.9 Å². The van der Waals surface area contributed by atoms with Crippen LogP contribution in [0.3, 0.4) is 0 Å². The first-order valence-electron chi connectivity index (χ1n) is 11.5. The lowest BCUT2D eigenvalue weighted by atomic mass is 9.60. The van der Waals surface area contributed by atoms with Crippen LogP contribution in [0.25, 0.3) is 0 Å². The molecule has 2 aliphatic rings. The Kier molecular flexibility index (Phi) is 6.98. The van der Waals surface area contributed by atoms with E-state index < -0.39 is 29.3 Å². The van der Waals surface area contributed by atoms with Crippen molar-refractivity contribution in [2.45, 2.75) is 38.8 Å². The molecule has 0 bridgehead atoms. The molecular weight excluding hydrogens is 450 g/mol. The number of methoxy groups -OCH3 is 1. The largest absolute Gasteiger partial charge is 0.481 e. The van der Waals surface area contributed by atoms with Crippen molar-refractivity contribution in [2.75, 3.05) is 27.5 Å². The molecule has 0 aliphatic carbocycles. The lowest BCUT2D eigenvalue weighted by molar-refractivity contribution is -0.154. The molecule has 35 heavy (non-hydrogen) atoms. The van der Waals surface area contributed by atoms with Gasteiger partial charge in [0.2, 0.25) is 6.79 Å². The van der Waals surface area contributed by atoms with E-state index >= 15 is 0 Å². The summed E-state index contributed by atoms with van der Waals surface area (Å²) in [6, 6.07) is 8.76. The number of benzene rings is 1. The maximum atomic E-state index is 13.2. The van der Waals surface area contributed by atoms with Gasteiger partial charge in [-0.25, -0.2) is 4.79 Å². The number of carboxylic acid groups (broad SMARTS) is 1. The maximum Gasteiger partial charge on any atom is 0.336 e. The number of nitrogens with one attached hydrogen (secondary N) is 1. The molecule has 1 aromatic carbocycles. The van der Waals surface area contributed by atoms with Crippen molar-refractivity contribution in [1.29, 1.82) is 0 Å². The van der Waals surface area contributed by atoms with E-state index in [1.165, 1.54) is 7.11 Å².